The Morgan fingerprint density at radius 3 is 1.26 bits per heavy atom. The van der Waals surface area contributed by atoms with Crippen LogP contribution in [-0.4, -0.2) is 44.4 Å². The van der Waals surface area contributed by atoms with Crippen molar-refractivity contribution in [3.63, 3.8) is 0 Å². The highest BCUT2D eigenvalue weighted by Gasteiger charge is 2.23. The van der Waals surface area contributed by atoms with E-state index in [-0.39, 0.29) is 34.0 Å². The first-order chi connectivity index (χ1) is 20.2. The molecule has 0 saturated carbocycles. The van der Waals surface area contributed by atoms with E-state index in [0.29, 0.717) is 34.1 Å². The topological polar surface area (TPSA) is 159 Å². The summed E-state index contributed by atoms with van der Waals surface area (Å²) in [5, 5.41) is 23.0. The number of non-ortho nitro benzene ring substituents is 2. The number of nitrogens with zero attached hydrogens (tertiary/aromatic N) is 2. The third-order valence-electron chi connectivity index (χ3n) is 6.13. The largest absolute Gasteiger partial charge is 0.519 e. The van der Waals surface area contributed by atoms with Crippen molar-refractivity contribution in [3.05, 3.63) is 93.0 Å². The van der Waals surface area contributed by atoms with Gasteiger partial charge in [0.2, 0.25) is 0 Å². The number of carbonyl (C=O) groups is 1. The van der Waals surface area contributed by atoms with Crippen LogP contribution in [0.25, 0.3) is 22.3 Å². The van der Waals surface area contributed by atoms with Crippen molar-refractivity contribution in [2.75, 3.05) is 28.4 Å². The fraction of sp³-hybridized carbons (Fsp3) is 0.138. The van der Waals surface area contributed by atoms with Gasteiger partial charge in [-0.2, -0.15) is 0 Å². The van der Waals surface area contributed by atoms with Crippen LogP contribution in [0.1, 0.15) is 0 Å². The van der Waals surface area contributed by atoms with Gasteiger partial charge in [0.15, 0.2) is 0 Å². The summed E-state index contributed by atoms with van der Waals surface area (Å²) >= 11 is 0. The first-order valence-electron chi connectivity index (χ1n) is 12.1. The van der Waals surface area contributed by atoms with Crippen LogP contribution >= 0.6 is 0 Å². The Morgan fingerprint density at radius 1 is 0.524 bits per heavy atom. The van der Waals surface area contributed by atoms with Crippen molar-refractivity contribution in [3.8, 4) is 56.8 Å². The normalized spacial score (nSPS) is 10.4. The minimum atomic E-state index is -1.21. The molecule has 4 aromatic carbocycles. The van der Waals surface area contributed by atoms with E-state index in [1.54, 1.807) is 36.4 Å². The van der Waals surface area contributed by atoms with Gasteiger partial charge >= 0.3 is 6.16 Å². The van der Waals surface area contributed by atoms with E-state index in [4.69, 9.17) is 28.4 Å². The van der Waals surface area contributed by atoms with Gasteiger partial charge in [-0.1, -0.05) is 0 Å². The monoisotopic (exact) mass is 576 g/mol. The Kier molecular flexibility index (Phi) is 8.71. The SMILES string of the molecule is COc1ccc(-c2cc([N+](=O)[O-])ccc2OC(=O)Oc2ccc([N+](=O)[O-])cc2-c2ccc(OC)cc2OC)c(OC)c1. The van der Waals surface area contributed by atoms with E-state index in [9.17, 15) is 25.0 Å². The molecular weight excluding hydrogens is 552 g/mol. The van der Waals surface area contributed by atoms with Crippen molar-refractivity contribution >= 4 is 17.5 Å². The zero-order valence-corrected chi connectivity index (χ0v) is 22.8. The molecule has 0 radical (unpaired) electrons. The molecule has 0 bridgehead atoms. The van der Waals surface area contributed by atoms with Crippen molar-refractivity contribution in [2.45, 2.75) is 0 Å². The Morgan fingerprint density at radius 2 is 0.929 bits per heavy atom. The molecule has 0 fully saturated rings. The van der Waals surface area contributed by atoms with Gasteiger partial charge in [-0.3, -0.25) is 20.2 Å². The summed E-state index contributed by atoms with van der Waals surface area (Å²) < 4.78 is 32.3. The van der Waals surface area contributed by atoms with E-state index >= 15 is 0 Å². The summed E-state index contributed by atoms with van der Waals surface area (Å²) in [6, 6.07) is 16.9. The molecule has 0 unspecified atom stereocenters. The van der Waals surface area contributed by atoms with Crippen LogP contribution in [0.2, 0.25) is 0 Å². The highest BCUT2D eigenvalue weighted by Crippen LogP contribution is 2.42. The highest BCUT2D eigenvalue weighted by atomic mass is 16.7. The first kappa shape index (κ1) is 29.1. The number of hydrogen-bond donors (Lipinski definition) is 0. The minimum absolute atomic E-state index is 0.0699. The lowest BCUT2D eigenvalue weighted by atomic mass is 10.0. The van der Waals surface area contributed by atoms with E-state index in [1.807, 2.05) is 0 Å². The second-order valence-corrected chi connectivity index (χ2v) is 8.46. The maximum atomic E-state index is 13.1. The molecule has 0 aromatic heterocycles. The molecular formula is C29H24N2O11. The molecule has 4 aromatic rings. The van der Waals surface area contributed by atoms with Crippen LogP contribution in [0.3, 0.4) is 0 Å². The molecule has 0 amide bonds. The molecule has 0 N–H and O–H groups in total. The van der Waals surface area contributed by atoms with Crippen LogP contribution in [-0.2, 0) is 0 Å². The number of hydrogen-bond acceptors (Lipinski definition) is 11. The Hall–Kier alpha value is -5.85. The lowest BCUT2D eigenvalue weighted by Crippen LogP contribution is -2.15. The molecule has 13 nitrogen and oxygen atoms in total. The number of benzene rings is 4. The lowest BCUT2D eigenvalue weighted by Gasteiger charge is -2.16. The van der Waals surface area contributed by atoms with Gasteiger partial charge < -0.3 is 28.4 Å². The number of nitro benzene ring substituents is 2. The fourth-order valence-corrected chi connectivity index (χ4v) is 4.10. The third-order valence-corrected chi connectivity index (χ3v) is 6.13. The molecule has 216 valence electrons. The summed E-state index contributed by atoms with van der Waals surface area (Å²) in [5.41, 5.74) is 0.580. The minimum Gasteiger partial charge on any atom is -0.497 e. The zero-order valence-electron chi connectivity index (χ0n) is 22.8. The Balaban J connectivity index is 1.75. The van der Waals surface area contributed by atoms with E-state index < -0.39 is 16.0 Å². The van der Waals surface area contributed by atoms with Crippen LogP contribution in [0.15, 0.2) is 72.8 Å². The van der Waals surface area contributed by atoms with E-state index in [2.05, 4.69) is 0 Å². The molecule has 0 aliphatic rings. The predicted octanol–water partition coefficient (Wildman–Crippen LogP) is 6.45. The van der Waals surface area contributed by atoms with Crippen molar-refractivity contribution in [1.29, 1.82) is 0 Å². The quantitative estimate of drug-likeness (QED) is 0.0883. The molecule has 0 aliphatic heterocycles. The fourth-order valence-electron chi connectivity index (χ4n) is 4.10. The third kappa shape index (κ3) is 6.14. The van der Waals surface area contributed by atoms with E-state index in [1.165, 1.54) is 64.8 Å². The summed E-state index contributed by atoms with van der Waals surface area (Å²) in [6.45, 7) is 0. The summed E-state index contributed by atoms with van der Waals surface area (Å²) in [4.78, 5) is 34.9. The van der Waals surface area contributed by atoms with Crippen molar-refractivity contribution in [1.82, 2.24) is 0 Å². The first-order valence-corrected chi connectivity index (χ1v) is 12.1. The van der Waals surface area contributed by atoms with Gasteiger partial charge in [-0.15, -0.1) is 0 Å². The molecule has 0 spiro atoms. The molecule has 0 atom stereocenters. The van der Waals surface area contributed by atoms with Crippen LogP contribution in [0, 0.1) is 20.2 Å². The van der Waals surface area contributed by atoms with Gasteiger partial charge in [0.25, 0.3) is 11.4 Å². The van der Waals surface area contributed by atoms with Gasteiger partial charge in [-0.25, -0.2) is 4.79 Å². The number of ether oxygens (including phenoxy) is 6. The van der Waals surface area contributed by atoms with Gasteiger partial charge in [-0.05, 0) is 36.4 Å². The van der Waals surface area contributed by atoms with E-state index in [0.717, 1.165) is 0 Å². The van der Waals surface area contributed by atoms with Crippen molar-refractivity contribution < 1.29 is 43.1 Å². The van der Waals surface area contributed by atoms with Crippen LogP contribution < -0.4 is 28.4 Å². The highest BCUT2D eigenvalue weighted by molar-refractivity contribution is 5.83. The summed E-state index contributed by atoms with van der Waals surface area (Å²) in [7, 11) is 5.77. The lowest BCUT2D eigenvalue weighted by molar-refractivity contribution is -0.385. The van der Waals surface area contributed by atoms with Crippen LogP contribution in [0.5, 0.6) is 34.5 Å². The zero-order chi connectivity index (χ0) is 30.4. The molecule has 13 heteroatoms. The Bertz CT molecular complexity index is 1550. The standard InChI is InChI=1S/C29H24N2O11/c1-37-19-7-9-21(27(15-19)39-3)23-13-17(30(33)34)5-11-25(23)41-29(32)42-26-12-6-18(31(35)36)14-24(26)22-10-8-20(38-2)16-28(22)40-4/h5-16H,1-4H3. The number of rotatable bonds is 10. The Labute approximate surface area is 239 Å². The second kappa shape index (κ2) is 12.6. The molecule has 0 saturated heterocycles. The molecule has 0 aliphatic carbocycles. The maximum absolute atomic E-state index is 13.1. The number of methoxy groups -OCH3 is 4. The predicted molar refractivity (Wildman–Crippen MR) is 150 cm³/mol. The van der Waals surface area contributed by atoms with Crippen LogP contribution in [0.4, 0.5) is 16.2 Å². The van der Waals surface area contributed by atoms with Gasteiger partial charge in [0.1, 0.15) is 34.5 Å². The van der Waals surface area contributed by atoms with Crippen molar-refractivity contribution in [2.24, 2.45) is 0 Å². The number of carbonyl (C=O) groups excluding carboxylic acids is 1. The van der Waals surface area contributed by atoms with Gasteiger partial charge in [0.05, 0.1) is 38.3 Å². The summed E-state index contributed by atoms with van der Waals surface area (Å²) in [6.07, 6.45) is -1.21. The molecule has 0 heterocycles. The van der Waals surface area contributed by atoms with Gasteiger partial charge in [0, 0.05) is 58.7 Å². The summed E-state index contributed by atoms with van der Waals surface area (Å²) in [5.74, 6) is 1.42. The smallest absolute Gasteiger partial charge is 0.497 e. The maximum Gasteiger partial charge on any atom is 0.519 e. The second-order valence-electron chi connectivity index (χ2n) is 8.46. The number of nitro groups is 2. The average Bonchev–Trinajstić information content (AvgIpc) is 3.00. The molecule has 42 heavy (non-hydrogen) atoms. The average molecular weight is 577 g/mol. The molecule has 4 rings (SSSR count).